The van der Waals surface area contributed by atoms with E-state index in [-0.39, 0.29) is 5.56 Å². The fourth-order valence-corrected chi connectivity index (χ4v) is 6.21. The number of sulfonamides is 1. The van der Waals surface area contributed by atoms with Crippen molar-refractivity contribution >= 4 is 42.6 Å². The fourth-order valence-electron chi connectivity index (χ4n) is 3.58. The van der Waals surface area contributed by atoms with E-state index in [9.17, 15) is 17.6 Å². The Kier molecular flexibility index (Phi) is 5.86. The second-order valence-electron chi connectivity index (χ2n) is 7.12. The van der Waals surface area contributed by atoms with Crippen LogP contribution < -0.4 is 4.90 Å². The van der Waals surface area contributed by atoms with E-state index in [4.69, 9.17) is 0 Å². The molecular formula is C21H22FN3O3S2. The maximum absolute atomic E-state index is 14.5. The number of hydrogen-bond acceptors (Lipinski definition) is 5. The van der Waals surface area contributed by atoms with E-state index in [1.165, 1.54) is 26.6 Å². The zero-order chi connectivity index (χ0) is 21.3. The Hall–Kier alpha value is -2.36. The summed E-state index contributed by atoms with van der Waals surface area (Å²) in [6.45, 7) is 2.91. The van der Waals surface area contributed by atoms with E-state index in [0.29, 0.717) is 24.8 Å². The Morgan fingerprint density at radius 3 is 2.60 bits per heavy atom. The van der Waals surface area contributed by atoms with Gasteiger partial charge in [-0.3, -0.25) is 9.69 Å². The second-order valence-corrected chi connectivity index (χ2v) is 10.0. The summed E-state index contributed by atoms with van der Waals surface area (Å²) in [7, 11) is -3.99. The van der Waals surface area contributed by atoms with Crippen LogP contribution >= 0.6 is 11.3 Å². The number of carbonyl (C=O) groups excluding carboxylic acids is 1. The van der Waals surface area contributed by atoms with Gasteiger partial charge >= 0.3 is 0 Å². The molecule has 9 heteroatoms. The van der Waals surface area contributed by atoms with E-state index >= 15 is 0 Å². The maximum atomic E-state index is 14.5. The molecule has 30 heavy (non-hydrogen) atoms. The van der Waals surface area contributed by atoms with Crippen LogP contribution in [0.15, 0.2) is 47.4 Å². The number of piperidine rings is 1. The maximum Gasteiger partial charge on any atom is 0.260 e. The lowest BCUT2D eigenvalue weighted by molar-refractivity contribution is 0.0988. The molecule has 3 aromatic rings. The number of halogens is 1. The van der Waals surface area contributed by atoms with Crippen LogP contribution in [-0.4, -0.2) is 43.2 Å². The first-order valence-corrected chi connectivity index (χ1v) is 12.1. The van der Waals surface area contributed by atoms with Gasteiger partial charge in [0.2, 0.25) is 10.0 Å². The molecule has 1 aliphatic heterocycles. The third-order valence-electron chi connectivity index (χ3n) is 5.19. The van der Waals surface area contributed by atoms with Crippen molar-refractivity contribution in [1.29, 1.82) is 0 Å². The van der Waals surface area contributed by atoms with Crippen molar-refractivity contribution in [2.75, 3.05) is 24.5 Å². The third-order valence-corrected chi connectivity index (χ3v) is 8.16. The lowest BCUT2D eigenvalue weighted by atomic mass is 10.2. The number of carbonyl (C=O) groups is 1. The summed E-state index contributed by atoms with van der Waals surface area (Å²) in [5.41, 5.74) is 0.907. The number of nitrogens with zero attached hydrogens (tertiary/aromatic N) is 3. The highest BCUT2D eigenvalue weighted by atomic mass is 32.2. The molecule has 1 aliphatic rings. The van der Waals surface area contributed by atoms with Gasteiger partial charge < -0.3 is 0 Å². The standard InChI is InChI=1S/C21H22FN3O3S2/c1-2-25(21-23-17-8-4-5-9-18(17)29-21)20(26)15-10-11-16(22)19(14-15)30(27,28)24-12-6-3-7-13-24/h4-5,8-11,14H,2-3,6-7,12-13H2,1H3. The molecule has 0 spiro atoms. The van der Waals surface area contributed by atoms with Gasteiger partial charge in [-0.15, -0.1) is 0 Å². The average molecular weight is 448 g/mol. The number of hydrogen-bond donors (Lipinski definition) is 0. The summed E-state index contributed by atoms with van der Waals surface area (Å²) in [6.07, 6.45) is 2.46. The minimum atomic E-state index is -3.99. The molecule has 158 valence electrons. The lowest BCUT2D eigenvalue weighted by Gasteiger charge is -2.26. The summed E-state index contributed by atoms with van der Waals surface area (Å²) in [6, 6.07) is 11.1. The topological polar surface area (TPSA) is 70.6 Å². The summed E-state index contributed by atoms with van der Waals surface area (Å²) in [4.78, 5) is 18.7. The number of benzene rings is 2. The summed E-state index contributed by atoms with van der Waals surface area (Å²) in [5.74, 6) is -1.26. The minimum Gasteiger partial charge on any atom is -0.284 e. The first-order valence-electron chi connectivity index (χ1n) is 9.89. The van der Waals surface area contributed by atoms with Gasteiger partial charge in [0.1, 0.15) is 10.7 Å². The molecule has 2 heterocycles. The summed E-state index contributed by atoms with van der Waals surface area (Å²) < 4.78 is 42.7. The molecule has 1 amide bonds. The molecule has 2 aromatic carbocycles. The average Bonchev–Trinajstić information content (AvgIpc) is 3.18. The monoisotopic (exact) mass is 447 g/mol. The molecule has 1 saturated heterocycles. The Labute approximate surface area is 179 Å². The van der Waals surface area contributed by atoms with Crippen LogP contribution in [0.2, 0.25) is 0 Å². The largest absolute Gasteiger partial charge is 0.284 e. The Morgan fingerprint density at radius 2 is 1.90 bits per heavy atom. The quantitative estimate of drug-likeness (QED) is 0.585. The summed E-state index contributed by atoms with van der Waals surface area (Å²) >= 11 is 1.38. The molecule has 0 aliphatic carbocycles. The van der Waals surface area contributed by atoms with Crippen molar-refractivity contribution in [2.24, 2.45) is 0 Å². The number of fused-ring (bicyclic) bond motifs is 1. The van der Waals surface area contributed by atoms with Gasteiger partial charge in [-0.2, -0.15) is 4.31 Å². The van der Waals surface area contributed by atoms with Crippen LogP contribution in [0.5, 0.6) is 0 Å². The smallest absolute Gasteiger partial charge is 0.260 e. The van der Waals surface area contributed by atoms with E-state index < -0.39 is 26.6 Å². The van der Waals surface area contributed by atoms with Crippen LogP contribution in [0, 0.1) is 5.82 Å². The number of amides is 1. The molecule has 1 aromatic heterocycles. The Bertz CT molecular complexity index is 1150. The highest BCUT2D eigenvalue weighted by Crippen LogP contribution is 2.30. The molecule has 4 rings (SSSR count). The molecular weight excluding hydrogens is 425 g/mol. The van der Waals surface area contributed by atoms with Crippen molar-refractivity contribution in [3.8, 4) is 0 Å². The molecule has 0 saturated carbocycles. The van der Waals surface area contributed by atoms with Crippen molar-refractivity contribution in [2.45, 2.75) is 31.1 Å². The number of para-hydroxylation sites is 1. The van der Waals surface area contributed by atoms with Crippen molar-refractivity contribution in [3.63, 3.8) is 0 Å². The summed E-state index contributed by atoms with van der Waals surface area (Å²) in [5, 5.41) is 0.522. The fraction of sp³-hybridized carbons (Fsp3) is 0.333. The number of anilines is 1. The Morgan fingerprint density at radius 1 is 1.17 bits per heavy atom. The molecule has 0 radical (unpaired) electrons. The van der Waals surface area contributed by atoms with Crippen molar-refractivity contribution < 1.29 is 17.6 Å². The molecule has 1 fully saturated rings. The van der Waals surface area contributed by atoms with Gasteiger partial charge in [-0.1, -0.05) is 29.9 Å². The van der Waals surface area contributed by atoms with Crippen LogP contribution in [-0.2, 0) is 10.0 Å². The normalized spacial score (nSPS) is 15.4. The van der Waals surface area contributed by atoms with Crippen molar-refractivity contribution in [1.82, 2.24) is 9.29 Å². The highest BCUT2D eigenvalue weighted by Gasteiger charge is 2.30. The molecule has 6 nitrogen and oxygen atoms in total. The zero-order valence-electron chi connectivity index (χ0n) is 16.5. The minimum absolute atomic E-state index is 0.119. The molecule has 0 bridgehead atoms. The number of aromatic nitrogens is 1. The first-order chi connectivity index (χ1) is 14.4. The van der Waals surface area contributed by atoms with Gasteiger partial charge in [-0.05, 0) is 50.1 Å². The Balaban J connectivity index is 1.69. The first kappa shape index (κ1) is 20.9. The van der Waals surface area contributed by atoms with E-state index in [2.05, 4.69) is 4.98 Å². The van der Waals surface area contributed by atoms with Gasteiger partial charge in [0, 0.05) is 25.2 Å². The predicted octanol–water partition coefficient (Wildman–Crippen LogP) is 4.28. The molecule has 0 N–H and O–H groups in total. The van der Waals surface area contributed by atoms with Gasteiger partial charge in [0.15, 0.2) is 5.13 Å². The van der Waals surface area contributed by atoms with E-state index in [1.54, 1.807) is 0 Å². The molecule has 0 unspecified atom stereocenters. The van der Waals surface area contributed by atoms with Gasteiger partial charge in [-0.25, -0.2) is 17.8 Å². The van der Waals surface area contributed by atoms with Crippen LogP contribution in [0.25, 0.3) is 10.2 Å². The zero-order valence-corrected chi connectivity index (χ0v) is 18.2. The van der Waals surface area contributed by atoms with Gasteiger partial charge in [0.05, 0.1) is 10.2 Å². The van der Waals surface area contributed by atoms with E-state index in [1.807, 2.05) is 31.2 Å². The lowest BCUT2D eigenvalue weighted by Crippen LogP contribution is -2.36. The van der Waals surface area contributed by atoms with Crippen LogP contribution in [0.1, 0.15) is 36.5 Å². The highest BCUT2D eigenvalue weighted by molar-refractivity contribution is 7.89. The van der Waals surface area contributed by atoms with Gasteiger partial charge in [0.25, 0.3) is 5.91 Å². The number of rotatable bonds is 5. The van der Waals surface area contributed by atoms with Crippen LogP contribution in [0.4, 0.5) is 9.52 Å². The third kappa shape index (κ3) is 3.84. The van der Waals surface area contributed by atoms with E-state index in [0.717, 1.165) is 41.6 Å². The molecule has 0 atom stereocenters. The number of thiazole rings is 1. The van der Waals surface area contributed by atoms with Crippen molar-refractivity contribution in [3.05, 3.63) is 53.8 Å². The predicted molar refractivity (Wildman–Crippen MR) is 116 cm³/mol. The second kappa shape index (κ2) is 8.41. The van der Waals surface area contributed by atoms with Crippen LogP contribution in [0.3, 0.4) is 0 Å². The SMILES string of the molecule is CCN(C(=O)c1ccc(F)c(S(=O)(=O)N2CCCCC2)c1)c1nc2ccccc2s1.